The van der Waals surface area contributed by atoms with E-state index in [9.17, 15) is 0 Å². The monoisotopic (exact) mass is 197 g/mol. The van der Waals surface area contributed by atoms with Crippen LogP contribution < -0.4 is 0 Å². The zero-order valence-electron chi connectivity index (χ0n) is 9.54. The average Bonchev–Trinajstić information content (AvgIpc) is 2.68. The molecule has 1 atom stereocenters. The van der Waals surface area contributed by atoms with E-state index in [2.05, 4.69) is 18.7 Å². The molecule has 0 aromatic carbocycles. The number of ether oxygens (including phenoxy) is 1. The molecule has 0 aliphatic carbocycles. The molecule has 0 unspecified atom stereocenters. The van der Waals surface area contributed by atoms with Crippen molar-refractivity contribution < 1.29 is 4.74 Å². The van der Waals surface area contributed by atoms with Crippen LogP contribution in [0.3, 0.4) is 0 Å². The SMILES string of the molecule is CC(C)[C@@H]1CCN(C2CCOCC2)C1. The quantitative estimate of drug-likeness (QED) is 0.672. The minimum atomic E-state index is 0.826. The summed E-state index contributed by atoms with van der Waals surface area (Å²) in [6.45, 7) is 9.34. The fourth-order valence-corrected chi connectivity index (χ4v) is 2.74. The van der Waals surface area contributed by atoms with E-state index in [-0.39, 0.29) is 0 Å². The van der Waals surface area contributed by atoms with Gasteiger partial charge in [-0.3, -0.25) is 4.90 Å². The smallest absolute Gasteiger partial charge is 0.0480 e. The van der Waals surface area contributed by atoms with Crippen molar-refractivity contribution in [3.8, 4) is 0 Å². The first-order chi connectivity index (χ1) is 6.77. The molecule has 0 aromatic heterocycles. The minimum absolute atomic E-state index is 0.826. The summed E-state index contributed by atoms with van der Waals surface area (Å²) in [6, 6.07) is 0.826. The predicted molar refractivity (Wildman–Crippen MR) is 58.4 cm³/mol. The van der Waals surface area contributed by atoms with Crippen LogP contribution in [0.5, 0.6) is 0 Å². The molecular weight excluding hydrogens is 174 g/mol. The number of nitrogens with zero attached hydrogens (tertiary/aromatic N) is 1. The van der Waals surface area contributed by atoms with E-state index < -0.39 is 0 Å². The number of hydrogen-bond donors (Lipinski definition) is 0. The van der Waals surface area contributed by atoms with Crippen molar-refractivity contribution in [2.45, 2.75) is 39.2 Å². The second-order valence-corrected chi connectivity index (χ2v) is 5.13. The summed E-state index contributed by atoms with van der Waals surface area (Å²) in [5, 5.41) is 0. The molecule has 0 saturated carbocycles. The van der Waals surface area contributed by atoms with Crippen molar-refractivity contribution in [3.05, 3.63) is 0 Å². The highest BCUT2D eigenvalue weighted by atomic mass is 16.5. The molecule has 2 heteroatoms. The highest BCUT2D eigenvalue weighted by Crippen LogP contribution is 2.27. The lowest BCUT2D eigenvalue weighted by Gasteiger charge is -2.31. The molecule has 2 fully saturated rings. The van der Waals surface area contributed by atoms with Gasteiger partial charge in [0.15, 0.2) is 0 Å². The molecule has 0 spiro atoms. The van der Waals surface area contributed by atoms with Gasteiger partial charge in [-0.2, -0.15) is 0 Å². The lowest BCUT2D eigenvalue weighted by Crippen LogP contribution is -2.38. The van der Waals surface area contributed by atoms with Gasteiger partial charge in [-0.15, -0.1) is 0 Å². The topological polar surface area (TPSA) is 12.5 Å². The lowest BCUT2D eigenvalue weighted by atomic mass is 9.95. The third kappa shape index (κ3) is 2.29. The Labute approximate surface area is 87.6 Å². The van der Waals surface area contributed by atoms with Gasteiger partial charge in [-0.05, 0) is 37.6 Å². The Balaban J connectivity index is 1.82. The first-order valence-corrected chi connectivity index (χ1v) is 6.09. The van der Waals surface area contributed by atoms with Gasteiger partial charge in [-0.25, -0.2) is 0 Å². The lowest BCUT2D eigenvalue weighted by molar-refractivity contribution is 0.0405. The largest absolute Gasteiger partial charge is 0.381 e. The Kier molecular flexibility index (Phi) is 3.45. The molecule has 0 amide bonds. The fourth-order valence-electron chi connectivity index (χ4n) is 2.74. The molecule has 82 valence electrons. The number of likely N-dealkylation sites (tertiary alicyclic amines) is 1. The molecule has 0 aromatic rings. The highest BCUT2D eigenvalue weighted by molar-refractivity contribution is 4.83. The van der Waals surface area contributed by atoms with Crippen LogP contribution >= 0.6 is 0 Å². The molecule has 2 heterocycles. The van der Waals surface area contributed by atoms with Crippen LogP contribution in [0.15, 0.2) is 0 Å². The molecule has 2 aliphatic heterocycles. The number of hydrogen-bond acceptors (Lipinski definition) is 2. The summed E-state index contributed by atoms with van der Waals surface area (Å²) in [7, 11) is 0. The maximum absolute atomic E-state index is 5.41. The molecule has 14 heavy (non-hydrogen) atoms. The van der Waals surface area contributed by atoms with Crippen molar-refractivity contribution in [1.29, 1.82) is 0 Å². The van der Waals surface area contributed by atoms with Gasteiger partial charge in [0.25, 0.3) is 0 Å². The van der Waals surface area contributed by atoms with E-state index in [0.29, 0.717) is 0 Å². The maximum atomic E-state index is 5.41. The van der Waals surface area contributed by atoms with E-state index in [1.165, 1.54) is 32.4 Å². The minimum Gasteiger partial charge on any atom is -0.381 e. The Hall–Kier alpha value is -0.0800. The molecule has 2 aliphatic rings. The number of rotatable bonds is 2. The zero-order valence-corrected chi connectivity index (χ0v) is 9.54. The van der Waals surface area contributed by atoms with E-state index in [4.69, 9.17) is 4.74 Å². The Bertz CT molecular complexity index is 175. The van der Waals surface area contributed by atoms with Crippen LogP contribution in [0.4, 0.5) is 0 Å². The summed E-state index contributed by atoms with van der Waals surface area (Å²) in [5.74, 6) is 1.80. The van der Waals surface area contributed by atoms with Gasteiger partial charge >= 0.3 is 0 Å². The standard InChI is InChI=1S/C12H23NO/c1-10(2)11-3-6-13(9-11)12-4-7-14-8-5-12/h10-12H,3-9H2,1-2H3/t11-/m1/s1. The van der Waals surface area contributed by atoms with E-state index in [1.807, 2.05) is 0 Å². The first-order valence-electron chi connectivity index (χ1n) is 6.09. The van der Waals surface area contributed by atoms with Crippen molar-refractivity contribution >= 4 is 0 Å². The van der Waals surface area contributed by atoms with Crippen LogP contribution in [0.1, 0.15) is 33.1 Å². The molecule has 2 nitrogen and oxygen atoms in total. The first kappa shape index (κ1) is 10.4. The Morgan fingerprint density at radius 2 is 1.86 bits per heavy atom. The van der Waals surface area contributed by atoms with Crippen LogP contribution in [0, 0.1) is 11.8 Å². The van der Waals surface area contributed by atoms with Gasteiger partial charge in [0, 0.05) is 25.8 Å². The van der Waals surface area contributed by atoms with E-state index in [1.54, 1.807) is 0 Å². The van der Waals surface area contributed by atoms with Crippen LogP contribution in [-0.4, -0.2) is 37.2 Å². The second-order valence-electron chi connectivity index (χ2n) is 5.13. The Morgan fingerprint density at radius 3 is 2.43 bits per heavy atom. The summed E-state index contributed by atoms with van der Waals surface area (Å²) in [6.07, 6.45) is 3.92. The highest BCUT2D eigenvalue weighted by Gasteiger charge is 2.30. The zero-order chi connectivity index (χ0) is 9.97. The Morgan fingerprint density at radius 1 is 1.14 bits per heavy atom. The van der Waals surface area contributed by atoms with Gasteiger partial charge in [0.2, 0.25) is 0 Å². The fraction of sp³-hybridized carbons (Fsp3) is 1.00. The molecule has 0 bridgehead atoms. The van der Waals surface area contributed by atoms with Crippen LogP contribution in [0.25, 0.3) is 0 Å². The van der Waals surface area contributed by atoms with Crippen molar-refractivity contribution in [2.75, 3.05) is 26.3 Å². The van der Waals surface area contributed by atoms with Crippen molar-refractivity contribution in [3.63, 3.8) is 0 Å². The summed E-state index contributed by atoms with van der Waals surface area (Å²) in [5.41, 5.74) is 0. The van der Waals surface area contributed by atoms with Crippen molar-refractivity contribution in [1.82, 2.24) is 4.90 Å². The normalized spacial score (nSPS) is 31.5. The summed E-state index contributed by atoms with van der Waals surface area (Å²) in [4.78, 5) is 2.70. The second kappa shape index (κ2) is 4.63. The van der Waals surface area contributed by atoms with E-state index in [0.717, 1.165) is 31.1 Å². The molecule has 0 radical (unpaired) electrons. The van der Waals surface area contributed by atoms with Gasteiger partial charge < -0.3 is 4.74 Å². The third-order valence-corrected chi connectivity index (χ3v) is 3.91. The summed E-state index contributed by atoms with van der Waals surface area (Å²) < 4.78 is 5.41. The van der Waals surface area contributed by atoms with E-state index >= 15 is 0 Å². The van der Waals surface area contributed by atoms with Gasteiger partial charge in [-0.1, -0.05) is 13.8 Å². The predicted octanol–water partition coefficient (Wildman–Crippen LogP) is 2.14. The van der Waals surface area contributed by atoms with Crippen LogP contribution in [0.2, 0.25) is 0 Å². The van der Waals surface area contributed by atoms with Gasteiger partial charge in [0.1, 0.15) is 0 Å². The third-order valence-electron chi connectivity index (χ3n) is 3.91. The summed E-state index contributed by atoms with van der Waals surface area (Å²) >= 11 is 0. The molecule has 2 rings (SSSR count). The molecule has 2 saturated heterocycles. The van der Waals surface area contributed by atoms with Gasteiger partial charge in [0.05, 0.1) is 0 Å². The average molecular weight is 197 g/mol. The maximum Gasteiger partial charge on any atom is 0.0480 e. The molecule has 0 N–H and O–H groups in total. The van der Waals surface area contributed by atoms with Crippen LogP contribution in [-0.2, 0) is 4.74 Å². The molecular formula is C12H23NO. The van der Waals surface area contributed by atoms with Crippen molar-refractivity contribution in [2.24, 2.45) is 11.8 Å².